The van der Waals surface area contributed by atoms with Crippen molar-refractivity contribution in [2.24, 2.45) is 16.0 Å². The third kappa shape index (κ3) is 4.68. The Labute approximate surface area is 221 Å². The molecular formula is C26H26FN7O5. The topological polar surface area (TPSA) is 159 Å². The van der Waals surface area contributed by atoms with Crippen molar-refractivity contribution in [1.29, 1.82) is 0 Å². The van der Waals surface area contributed by atoms with Gasteiger partial charge in [0.2, 0.25) is 11.3 Å². The minimum atomic E-state index is -1.35. The van der Waals surface area contributed by atoms with Crippen LogP contribution in [0.15, 0.2) is 57.6 Å². The van der Waals surface area contributed by atoms with Gasteiger partial charge < -0.3 is 25.4 Å². The van der Waals surface area contributed by atoms with Crippen LogP contribution in [-0.2, 0) is 13.2 Å². The van der Waals surface area contributed by atoms with E-state index in [2.05, 4.69) is 15.1 Å². The smallest absolute Gasteiger partial charge is 0.356 e. The van der Waals surface area contributed by atoms with E-state index in [0.717, 1.165) is 6.07 Å². The van der Waals surface area contributed by atoms with Crippen LogP contribution < -0.4 is 16.1 Å². The number of primary amides is 1. The van der Waals surface area contributed by atoms with Crippen LogP contribution in [0.3, 0.4) is 0 Å². The summed E-state index contributed by atoms with van der Waals surface area (Å²) in [4.78, 5) is 39.2. The summed E-state index contributed by atoms with van der Waals surface area (Å²) in [6.07, 6.45) is 1.29. The number of carboxylic acids is 1. The van der Waals surface area contributed by atoms with Crippen molar-refractivity contribution in [3.05, 3.63) is 64.2 Å². The summed E-state index contributed by atoms with van der Waals surface area (Å²) >= 11 is 0. The van der Waals surface area contributed by atoms with Gasteiger partial charge in [0.05, 0.1) is 23.4 Å². The molecule has 2 aromatic carbocycles. The Morgan fingerprint density at radius 3 is 2.46 bits per heavy atom. The van der Waals surface area contributed by atoms with Crippen LogP contribution in [-0.4, -0.2) is 62.4 Å². The number of nitrogens with zero attached hydrogens (tertiary/aromatic N) is 6. The summed E-state index contributed by atoms with van der Waals surface area (Å²) in [6.45, 7) is 4.57. The molecule has 4 aromatic rings. The predicted octanol–water partition coefficient (Wildman–Crippen LogP) is 3.46. The molecule has 0 atom stereocenters. The number of aryl methyl sites for hydroxylation is 1. The van der Waals surface area contributed by atoms with E-state index in [-0.39, 0.29) is 17.0 Å². The molecule has 3 heterocycles. The lowest BCUT2D eigenvalue weighted by molar-refractivity contribution is 0.0694. The van der Waals surface area contributed by atoms with Gasteiger partial charge in [0.25, 0.3) is 0 Å². The lowest BCUT2D eigenvalue weighted by Gasteiger charge is -2.36. The molecule has 12 nitrogen and oxygen atoms in total. The number of piperazine rings is 1. The molecule has 4 N–H and O–H groups in total. The van der Waals surface area contributed by atoms with Crippen molar-refractivity contribution in [3.8, 4) is 5.88 Å². The summed E-state index contributed by atoms with van der Waals surface area (Å²) in [5, 5.41) is 28.0. The number of hydrogen-bond acceptors (Lipinski definition) is 7. The zero-order chi connectivity index (χ0) is 27.8. The Kier molecular flexibility index (Phi) is 6.74. The molecule has 0 bridgehead atoms. The second-order valence-corrected chi connectivity index (χ2v) is 9.19. The van der Waals surface area contributed by atoms with E-state index >= 15 is 4.39 Å². The van der Waals surface area contributed by atoms with Gasteiger partial charge in [-0.2, -0.15) is 0 Å². The highest BCUT2D eigenvalue weighted by Gasteiger charge is 2.24. The summed E-state index contributed by atoms with van der Waals surface area (Å²) in [5.41, 5.74) is 5.60. The molecule has 5 rings (SSSR count). The van der Waals surface area contributed by atoms with Crippen molar-refractivity contribution in [2.45, 2.75) is 20.1 Å². The molecule has 0 spiro atoms. The maximum absolute atomic E-state index is 15.2. The third-order valence-electron chi connectivity index (χ3n) is 6.94. The van der Waals surface area contributed by atoms with E-state index in [9.17, 15) is 24.6 Å². The second kappa shape index (κ2) is 10.2. The average Bonchev–Trinajstić information content (AvgIpc) is 3.18. The van der Waals surface area contributed by atoms with Gasteiger partial charge in [0.15, 0.2) is 5.69 Å². The predicted molar refractivity (Wildman–Crippen MR) is 142 cm³/mol. The number of amides is 2. The van der Waals surface area contributed by atoms with E-state index < -0.39 is 28.8 Å². The van der Waals surface area contributed by atoms with Gasteiger partial charge in [-0.05, 0) is 25.1 Å². The normalized spacial score (nSPS) is 14.6. The molecule has 1 aliphatic rings. The highest BCUT2D eigenvalue weighted by Crippen LogP contribution is 2.39. The van der Waals surface area contributed by atoms with E-state index in [1.54, 1.807) is 27.3 Å². The Morgan fingerprint density at radius 1 is 1.08 bits per heavy atom. The van der Waals surface area contributed by atoms with Crippen LogP contribution in [0.2, 0.25) is 0 Å². The number of azo groups is 1. The van der Waals surface area contributed by atoms with E-state index in [1.165, 1.54) is 6.20 Å². The number of aromatic hydroxyl groups is 1. The molecular weight excluding hydrogens is 509 g/mol. The summed E-state index contributed by atoms with van der Waals surface area (Å²) in [7, 11) is 0. The van der Waals surface area contributed by atoms with Gasteiger partial charge in [-0.15, -0.1) is 5.11 Å². The zero-order valence-corrected chi connectivity index (χ0v) is 21.0. The van der Waals surface area contributed by atoms with Gasteiger partial charge >= 0.3 is 12.0 Å². The highest BCUT2D eigenvalue weighted by atomic mass is 19.1. The van der Waals surface area contributed by atoms with Crippen molar-refractivity contribution in [2.75, 3.05) is 31.1 Å². The molecule has 39 heavy (non-hydrogen) atoms. The van der Waals surface area contributed by atoms with Crippen LogP contribution >= 0.6 is 0 Å². The average molecular weight is 536 g/mol. The number of hydrogen-bond donors (Lipinski definition) is 3. The molecule has 0 unspecified atom stereocenters. The number of anilines is 1. The van der Waals surface area contributed by atoms with E-state index in [1.807, 2.05) is 24.0 Å². The fourth-order valence-electron chi connectivity index (χ4n) is 5.00. The number of aromatic nitrogens is 2. The number of carbonyl (C=O) groups is 2. The fourth-order valence-corrected chi connectivity index (χ4v) is 5.00. The standard InChI is InChI=1S/C26H26FN7O5/c1-2-32-13-17(25(37)38)23(35)16-11-18(27)21(12-20(16)32)33-9-7-31(8-10-33)14-34-19-6-4-3-5-15(19)22(24(34)36)29-30-26(28)39/h3-6,11-13,36H,2,7-10,14H2,1H3,(H2,28,39)(H,37,38). The maximum Gasteiger partial charge on any atom is 0.356 e. The molecule has 1 saturated heterocycles. The first-order chi connectivity index (χ1) is 18.7. The monoisotopic (exact) mass is 535 g/mol. The summed E-state index contributed by atoms with van der Waals surface area (Å²) < 4.78 is 18.5. The molecule has 1 fully saturated rings. The van der Waals surface area contributed by atoms with E-state index in [4.69, 9.17) is 5.73 Å². The Bertz CT molecular complexity index is 1700. The lowest BCUT2D eigenvalue weighted by atomic mass is 10.1. The number of carboxylic acid groups (broad SMARTS) is 1. The van der Waals surface area contributed by atoms with Crippen LogP contribution in [0.5, 0.6) is 5.88 Å². The van der Waals surface area contributed by atoms with Crippen molar-refractivity contribution < 1.29 is 24.2 Å². The zero-order valence-electron chi connectivity index (χ0n) is 21.0. The van der Waals surface area contributed by atoms with Crippen LogP contribution in [0.1, 0.15) is 17.3 Å². The van der Waals surface area contributed by atoms with Gasteiger partial charge in [0.1, 0.15) is 11.4 Å². The molecule has 2 amide bonds. The minimum absolute atomic E-state index is 0.0240. The Morgan fingerprint density at radius 2 is 1.79 bits per heavy atom. The highest BCUT2D eigenvalue weighted by molar-refractivity contribution is 5.95. The maximum atomic E-state index is 15.2. The van der Waals surface area contributed by atoms with E-state index in [0.29, 0.717) is 61.5 Å². The van der Waals surface area contributed by atoms with Gasteiger partial charge in [-0.25, -0.2) is 14.0 Å². The minimum Gasteiger partial charge on any atom is -0.493 e. The van der Waals surface area contributed by atoms with Crippen LogP contribution in [0.25, 0.3) is 21.8 Å². The van der Waals surface area contributed by atoms with Crippen LogP contribution in [0.4, 0.5) is 20.6 Å². The van der Waals surface area contributed by atoms with Crippen LogP contribution in [0, 0.1) is 5.82 Å². The number of benzene rings is 2. The molecule has 0 saturated carbocycles. The van der Waals surface area contributed by atoms with Crippen molar-refractivity contribution >= 4 is 45.2 Å². The molecule has 0 aliphatic carbocycles. The second-order valence-electron chi connectivity index (χ2n) is 9.19. The lowest BCUT2D eigenvalue weighted by Crippen LogP contribution is -2.47. The molecule has 1 aliphatic heterocycles. The fraction of sp³-hybridized carbons (Fsp3) is 0.269. The Hall–Kier alpha value is -4.78. The number of pyridine rings is 1. The number of rotatable bonds is 6. The van der Waals surface area contributed by atoms with Crippen molar-refractivity contribution in [3.63, 3.8) is 0 Å². The number of urea groups is 1. The number of nitrogens with two attached hydrogens (primary N) is 1. The third-order valence-corrected chi connectivity index (χ3v) is 6.94. The SMILES string of the molecule is CCn1cc(C(=O)O)c(=O)c2cc(F)c(N3CCN(Cn4c(O)c(N=NC(N)=O)c5ccccc54)CC3)cc21. The summed E-state index contributed by atoms with van der Waals surface area (Å²) in [6, 6.07) is 8.93. The number of fused-ring (bicyclic) bond motifs is 2. The van der Waals surface area contributed by atoms with Crippen molar-refractivity contribution in [1.82, 2.24) is 14.0 Å². The summed E-state index contributed by atoms with van der Waals surface area (Å²) in [5.74, 6) is -2.10. The molecule has 202 valence electrons. The number of halogens is 1. The largest absolute Gasteiger partial charge is 0.493 e. The number of carbonyl (C=O) groups excluding carboxylic acids is 1. The molecule has 2 aromatic heterocycles. The number of aromatic carboxylic acids is 1. The molecule has 0 radical (unpaired) electrons. The molecule has 13 heteroatoms. The first kappa shape index (κ1) is 25.9. The first-order valence-electron chi connectivity index (χ1n) is 12.3. The van der Waals surface area contributed by atoms with Gasteiger partial charge in [-0.1, -0.05) is 23.3 Å². The number of para-hydroxylation sites is 1. The quantitative estimate of drug-likeness (QED) is 0.319. The Balaban J connectivity index is 1.39. The first-order valence-corrected chi connectivity index (χ1v) is 12.3. The van der Waals surface area contributed by atoms with Gasteiger partial charge in [-0.3, -0.25) is 14.3 Å². The van der Waals surface area contributed by atoms with Gasteiger partial charge in [0, 0.05) is 49.7 Å².